The predicted octanol–water partition coefficient (Wildman–Crippen LogP) is 5.05. The lowest BCUT2D eigenvalue weighted by molar-refractivity contribution is -0.137. The Hall–Kier alpha value is -2.58. The highest BCUT2D eigenvalue weighted by molar-refractivity contribution is 6.35. The fraction of sp³-hybridized carbons (Fsp3) is 0.333. The minimum atomic E-state index is -4.49. The van der Waals surface area contributed by atoms with E-state index in [-0.39, 0.29) is 28.0 Å². The number of alkyl halides is 3. The summed E-state index contributed by atoms with van der Waals surface area (Å²) in [4.78, 5) is 20.3. The van der Waals surface area contributed by atoms with Gasteiger partial charge in [-0.3, -0.25) is 9.80 Å². The third-order valence-electron chi connectivity index (χ3n) is 5.90. The van der Waals surface area contributed by atoms with E-state index in [0.29, 0.717) is 17.0 Å². The summed E-state index contributed by atoms with van der Waals surface area (Å²) < 4.78 is 39.2. The van der Waals surface area contributed by atoms with Gasteiger partial charge in [-0.1, -0.05) is 17.7 Å². The fourth-order valence-corrected chi connectivity index (χ4v) is 4.66. The molecule has 9 heteroatoms. The number of aromatic nitrogens is 2. The van der Waals surface area contributed by atoms with Crippen molar-refractivity contribution >= 4 is 28.5 Å². The predicted molar refractivity (Wildman–Crippen MR) is 107 cm³/mol. The first-order valence-electron chi connectivity index (χ1n) is 9.68. The van der Waals surface area contributed by atoms with Crippen LogP contribution in [0, 0.1) is 6.92 Å². The number of H-pyrrole nitrogens is 1. The number of piperidine rings is 1. The second-order valence-corrected chi connectivity index (χ2v) is 8.21. The van der Waals surface area contributed by atoms with Crippen molar-refractivity contribution in [3.8, 4) is 11.4 Å². The summed E-state index contributed by atoms with van der Waals surface area (Å²) in [5, 5.41) is 3.88. The van der Waals surface area contributed by atoms with Crippen LogP contribution in [0.1, 0.15) is 34.3 Å². The number of aryl methyl sites for hydroxylation is 1. The van der Waals surface area contributed by atoms with E-state index in [1.54, 1.807) is 18.2 Å². The van der Waals surface area contributed by atoms with Gasteiger partial charge in [0.2, 0.25) is 0 Å². The Morgan fingerprint density at radius 1 is 1.20 bits per heavy atom. The van der Waals surface area contributed by atoms with Crippen LogP contribution >= 0.6 is 11.6 Å². The van der Waals surface area contributed by atoms with Crippen LogP contribution in [0.2, 0.25) is 5.02 Å². The van der Waals surface area contributed by atoms with Crippen LogP contribution < -0.4 is 0 Å². The van der Waals surface area contributed by atoms with Crippen LogP contribution in [0.5, 0.6) is 0 Å². The van der Waals surface area contributed by atoms with Crippen molar-refractivity contribution in [2.45, 2.75) is 32.0 Å². The molecule has 5 rings (SSSR count). The first-order valence-corrected chi connectivity index (χ1v) is 10.1. The summed E-state index contributed by atoms with van der Waals surface area (Å²) in [7, 11) is 0. The van der Waals surface area contributed by atoms with Crippen LogP contribution in [-0.2, 0) is 6.18 Å². The Morgan fingerprint density at radius 3 is 2.53 bits per heavy atom. The zero-order valence-corrected chi connectivity index (χ0v) is 16.8. The number of carbonyl (C=O) groups excluding carboxylic acids is 1. The van der Waals surface area contributed by atoms with Gasteiger partial charge < -0.3 is 4.98 Å². The van der Waals surface area contributed by atoms with Gasteiger partial charge in [0.25, 0.3) is 5.91 Å². The van der Waals surface area contributed by atoms with E-state index < -0.39 is 11.7 Å². The average Bonchev–Trinajstić information content (AvgIpc) is 3.40. The quantitative estimate of drug-likeness (QED) is 0.614. The van der Waals surface area contributed by atoms with Gasteiger partial charge in [0.05, 0.1) is 22.1 Å². The minimum Gasteiger partial charge on any atom is -0.338 e. The van der Waals surface area contributed by atoms with Crippen molar-refractivity contribution in [1.29, 1.82) is 0 Å². The summed E-state index contributed by atoms with van der Waals surface area (Å²) in [6.45, 7) is 3.67. The molecule has 2 aliphatic rings. The van der Waals surface area contributed by atoms with Crippen LogP contribution in [0.4, 0.5) is 13.2 Å². The third-order valence-corrected chi connectivity index (χ3v) is 6.18. The Kier molecular flexibility index (Phi) is 4.34. The Bertz CT molecular complexity index is 1150. The number of hydrazine groups is 1. The molecule has 5 nitrogen and oxygen atoms in total. The maximum Gasteiger partial charge on any atom is 0.416 e. The van der Waals surface area contributed by atoms with E-state index in [1.807, 2.05) is 11.9 Å². The molecular formula is C21H18ClF3N4O. The Balaban J connectivity index is 1.49. The number of benzene rings is 2. The van der Waals surface area contributed by atoms with Gasteiger partial charge in [0, 0.05) is 24.2 Å². The fourth-order valence-electron chi connectivity index (χ4n) is 4.40. The zero-order chi connectivity index (χ0) is 21.2. The second kappa shape index (κ2) is 6.72. The molecule has 156 valence electrons. The lowest BCUT2D eigenvalue weighted by Crippen LogP contribution is -2.38. The van der Waals surface area contributed by atoms with Crippen molar-refractivity contribution in [3.63, 3.8) is 0 Å². The number of nitrogens with one attached hydrogen (secondary N) is 1. The highest BCUT2D eigenvalue weighted by Gasteiger charge is 2.41. The van der Waals surface area contributed by atoms with Gasteiger partial charge in [-0.05, 0) is 49.6 Å². The van der Waals surface area contributed by atoms with E-state index in [1.165, 1.54) is 0 Å². The molecule has 2 bridgehead atoms. The number of hydrogen-bond acceptors (Lipinski definition) is 3. The molecule has 1 amide bonds. The molecule has 0 radical (unpaired) electrons. The van der Waals surface area contributed by atoms with Gasteiger partial charge in [-0.15, -0.1) is 0 Å². The van der Waals surface area contributed by atoms with E-state index in [9.17, 15) is 18.0 Å². The normalized spacial score (nSPS) is 21.0. The molecule has 1 aromatic heterocycles. The first kappa shape index (κ1) is 19.4. The molecule has 2 aromatic carbocycles. The maximum atomic E-state index is 13.1. The number of hydrogen-bond donors (Lipinski definition) is 1. The highest BCUT2D eigenvalue weighted by Crippen LogP contribution is 2.36. The summed E-state index contributed by atoms with van der Waals surface area (Å²) >= 11 is 6.04. The molecule has 0 aliphatic carbocycles. The summed E-state index contributed by atoms with van der Waals surface area (Å²) in [6, 6.07) is 7.46. The third kappa shape index (κ3) is 3.06. The smallest absolute Gasteiger partial charge is 0.338 e. The van der Waals surface area contributed by atoms with Crippen molar-refractivity contribution in [2.75, 3.05) is 13.1 Å². The molecule has 30 heavy (non-hydrogen) atoms. The number of rotatable bonds is 2. The molecule has 3 aromatic rings. The molecule has 2 saturated heterocycles. The number of halogens is 4. The number of amides is 1. The Labute approximate surface area is 175 Å². The molecule has 0 unspecified atom stereocenters. The largest absolute Gasteiger partial charge is 0.416 e. The topological polar surface area (TPSA) is 52.2 Å². The van der Waals surface area contributed by atoms with Gasteiger partial charge >= 0.3 is 6.18 Å². The van der Waals surface area contributed by atoms with Gasteiger partial charge in [-0.25, -0.2) is 9.99 Å². The molecule has 3 heterocycles. The van der Waals surface area contributed by atoms with Crippen molar-refractivity contribution in [2.24, 2.45) is 0 Å². The lowest BCUT2D eigenvalue weighted by atomic mass is 10.0. The standard InChI is InChI=1S/C21H18ClF3N4O/c1-11-8-12(20(30)29-14-4-6-28(29)7-5-14)2-3-15(11)19-26-17-10-13(21(23,24)25)9-16(22)18(17)27-19/h2-3,8-10,14H,4-7H2,1H3,(H,26,27). The molecule has 0 atom stereocenters. The number of nitrogens with zero attached hydrogens (tertiary/aromatic N) is 3. The van der Waals surface area contributed by atoms with Crippen LogP contribution in [-0.4, -0.2) is 45.0 Å². The second-order valence-electron chi connectivity index (χ2n) is 7.80. The van der Waals surface area contributed by atoms with Gasteiger partial charge in [-0.2, -0.15) is 13.2 Å². The van der Waals surface area contributed by atoms with E-state index >= 15 is 0 Å². The first-order chi connectivity index (χ1) is 14.2. The monoisotopic (exact) mass is 434 g/mol. The van der Waals surface area contributed by atoms with Crippen LogP contribution in [0.25, 0.3) is 22.4 Å². The molecule has 0 saturated carbocycles. The molecule has 1 N–H and O–H groups in total. The molecular weight excluding hydrogens is 417 g/mol. The minimum absolute atomic E-state index is 0.0212. The average molecular weight is 435 g/mol. The summed E-state index contributed by atoms with van der Waals surface area (Å²) in [5.41, 5.74) is 1.75. The number of fused-ring (bicyclic) bond motifs is 3. The lowest BCUT2D eigenvalue weighted by Gasteiger charge is -2.24. The van der Waals surface area contributed by atoms with Crippen molar-refractivity contribution in [3.05, 3.63) is 52.0 Å². The van der Waals surface area contributed by atoms with Gasteiger partial charge in [0.15, 0.2) is 0 Å². The maximum absolute atomic E-state index is 13.1. The van der Waals surface area contributed by atoms with E-state index in [4.69, 9.17) is 11.6 Å². The van der Waals surface area contributed by atoms with Gasteiger partial charge in [0.1, 0.15) is 11.3 Å². The summed E-state index contributed by atoms with van der Waals surface area (Å²) in [5.74, 6) is 0.389. The number of aromatic amines is 1. The van der Waals surface area contributed by atoms with Crippen molar-refractivity contribution in [1.82, 2.24) is 20.0 Å². The number of imidazole rings is 1. The molecule has 0 spiro atoms. The highest BCUT2D eigenvalue weighted by atomic mass is 35.5. The van der Waals surface area contributed by atoms with Crippen LogP contribution in [0.15, 0.2) is 30.3 Å². The molecule has 2 fully saturated rings. The molecule has 2 aliphatic heterocycles. The zero-order valence-electron chi connectivity index (χ0n) is 16.1. The van der Waals surface area contributed by atoms with Crippen LogP contribution in [0.3, 0.4) is 0 Å². The van der Waals surface area contributed by atoms with E-state index in [0.717, 1.165) is 43.6 Å². The van der Waals surface area contributed by atoms with Crippen molar-refractivity contribution < 1.29 is 18.0 Å². The van der Waals surface area contributed by atoms with E-state index in [2.05, 4.69) is 15.0 Å². The SMILES string of the molecule is Cc1cc(C(=O)N2C3CCN2CC3)ccc1-c1nc2c(Cl)cc(C(F)(F)F)cc2[nH]1. The Morgan fingerprint density at radius 2 is 1.93 bits per heavy atom. The summed E-state index contributed by atoms with van der Waals surface area (Å²) in [6.07, 6.45) is -2.49. The number of carbonyl (C=O) groups is 1.